The highest BCUT2D eigenvalue weighted by atomic mass is 31.2. The molecule has 0 rings (SSSR count). The Bertz CT molecular complexity index is 1890. The summed E-state index contributed by atoms with van der Waals surface area (Å²) in [4.78, 5) is 72.8. The molecule has 570 valence electrons. The molecule has 0 aliphatic carbocycles. The van der Waals surface area contributed by atoms with E-state index in [0.717, 1.165) is 108 Å². The van der Waals surface area contributed by atoms with Crippen molar-refractivity contribution in [2.75, 3.05) is 39.6 Å². The van der Waals surface area contributed by atoms with Gasteiger partial charge in [0.25, 0.3) is 0 Å². The van der Waals surface area contributed by atoms with Crippen molar-refractivity contribution in [2.45, 2.75) is 408 Å². The van der Waals surface area contributed by atoms with E-state index < -0.39 is 97.5 Å². The van der Waals surface area contributed by atoms with Crippen molar-refractivity contribution in [1.29, 1.82) is 0 Å². The maximum Gasteiger partial charge on any atom is 0.472 e. The van der Waals surface area contributed by atoms with E-state index in [9.17, 15) is 43.2 Å². The number of aliphatic hydroxyl groups excluding tert-OH is 1. The van der Waals surface area contributed by atoms with Crippen LogP contribution in [0.15, 0.2) is 0 Å². The lowest BCUT2D eigenvalue weighted by atomic mass is 9.99. The fourth-order valence-electron chi connectivity index (χ4n) is 11.7. The summed E-state index contributed by atoms with van der Waals surface area (Å²) in [7, 11) is -9.91. The molecule has 0 spiro atoms. The highest BCUT2D eigenvalue weighted by Crippen LogP contribution is 2.45. The van der Waals surface area contributed by atoms with Gasteiger partial charge in [-0.2, -0.15) is 0 Å². The Hall–Kier alpha value is -1.94. The normalized spacial score (nSPS) is 14.4. The van der Waals surface area contributed by atoms with Crippen LogP contribution in [0, 0.1) is 23.7 Å². The molecule has 96 heavy (non-hydrogen) atoms. The second kappa shape index (κ2) is 66.3. The van der Waals surface area contributed by atoms with Crippen molar-refractivity contribution in [1.82, 2.24) is 0 Å². The monoisotopic (exact) mass is 1410 g/mol. The van der Waals surface area contributed by atoms with Gasteiger partial charge in [0.15, 0.2) is 12.2 Å². The van der Waals surface area contributed by atoms with Crippen LogP contribution < -0.4 is 0 Å². The van der Waals surface area contributed by atoms with Gasteiger partial charge in [-0.3, -0.25) is 37.3 Å². The Kier molecular flexibility index (Phi) is 65.0. The average molecular weight is 1410 g/mol. The number of aliphatic hydroxyl groups is 1. The molecule has 4 unspecified atom stereocenters. The third-order valence-electron chi connectivity index (χ3n) is 18.2. The molecule has 0 bridgehead atoms. The fraction of sp³-hybridized carbons (Fsp3) is 0.948. The molecule has 0 amide bonds. The molecular weight excluding hydrogens is 1260 g/mol. The van der Waals surface area contributed by atoms with Crippen LogP contribution in [0.3, 0.4) is 0 Å². The molecule has 6 atom stereocenters. The Labute approximate surface area is 588 Å². The molecule has 0 saturated heterocycles. The molecule has 0 saturated carbocycles. The van der Waals surface area contributed by atoms with Gasteiger partial charge in [0, 0.05) is 25.7 Å². The van der Waals surface area contributed by atoms with Crippen molar-refractivity contribution in [3.63, 3.8) is 0 Å². The number of carbonyl (C=O) groups excluding carboxylic acids is 4. The summed E-state index contributed by atoms with van der Waals surface area (Å²) in [6.45, 7) is 14.2. The maximum atomic E-state index is 13.1. The molecule has 3 N–H and O–H groups in total. The largest absolute Gasteiger partial charge is 0.472 e. The maximum absolute atomic E-state index is 13.1. The SMILES string of the molecule is CCC(C)CCCCCCCCCCCCCCCCC(=O)O[C@H](COC(=O)CCCCCCCCCCCCCCCCCC(C)C)COP(=O)(O)OCC(O)COP(=O)(O)OC[C@@H](COC(=O)CCCCCCCCCC(C)C)OC(=O)CCCCCCCCCC(C)C. The van der Waals surface area contributed by atoms with Gasteiger partial charge in [-0.05, 0) is 49.4 Å². The molecule has 0 radical (unpaired) electrons. The third kappa shape index (κ3) is 69.2. The highest BCUT2D eigenvalue weighted by molar-refractivity contribution is 7.47. The van der Waals surface area contributed by atoms with Crippen LogP contribution in [0.2, 0.25) is 0 Å². The summed E-state index contributed by atoms with van der Waals surface area (Å²) in [5, 5.41) is 10.6. The molecule has 0 aromatic carbocycles. The molecule has 0 aliphatic rings. The number of phosphoric ester groups is 2. The van der Waals surface area contributed by atoms with E-state index in [1.807, 2.05) is 0 Å². The molecule has 0 fully saturated rings. The molecule has 0 aromatic rings. The predicted molar refractivity (Wildman–Crippen MR) is 391 cm³/mol. The smallest absolute Gasteiger partial charge is 0.462 e. The van der Waals surface area contributed by atoms with E-state index in [2.05, 4.69) is 55.4 Å². The van der Waals surface area contributed by atoms with Gasteiger partial charge in [0.05, 0.1) is 26.4 Å². The molecule has 0 aromatic heterocycles. The minimum absolute atomic E-state index is 0.102. The number of esters is 4. The van der Waals surface area contributed by atoms with Gasteiger partial charge >= 0.3 is 39.5 Å². The van der Waals surface area contributed by atoms with Crippen LogP contribution in [0.25, 0.3) is 0 Å². The number of unbranched alkanes of at least 4 members (excludes halogenated alkanes) is 39. The van der Waals surface area contributed by atoms with Gasteiger partial charge in [-0.15, -0.1) is 0 Å². The third-order valence-corrected chi connectivity index (χ3v) is 20.1. The number of carbonyl (C=O) groups is 4. The number of phosphoric acid groups is 2. The summed E-state index contributed by atoms with van der Waals surface area (Å²) < 4.78 is 68.5. The van der Waals surface area contributed by atoms with Crippen molar-refractivity contribution < 1.29 is 80.2 Å². The van der Waals surface area contributed by atoms with Crippen LogP contribution in [-0.4, -0.2) is 96.7 Å². The average Bonchev–Trinajstić information content (AvgIpc) is 1.67. The lowest BCUT2D eigenvalue weighted by Crippen LogP contribution is -2.30. The Morgan fingerprint density at radius 3 is 0.740 bits per heavy atom. The first-order chi connectivity index (χ1) is 46.1. The number of hydrogen-bond acceptors (Lipinski definition) is 15. The summed E-state index contributed by atoms with van der Waals surface area (Å²) in [6.07, 6.45) is 51.5. The van der Waals surface area contributed by atoms with Crippen molar-refractivity contribution in [2.24, 2.45) is 23.7 Å². The van der Waals surface area contributed by atoms with E-state index in [0.29, 0.717) is 37.5 Å². The minimum Gasteiger partial charge on any atom is -0.462 e. The highest BCUT2D eigenvalue weighted by Gasteiger charge is 2.30. The first-order valence-electron chi connectivity index (χ1n) is 39.7. The summed E-state index contributed by atoms with van der Waals surface area (Å²) >= 11 is 0. The van der Waals surface area contributed by atoms with Crippen LogP contribution in [0.4, 0.5) is 0 Å². The Morgan fingerprint density at radius 2 is 0.500 bits per heavy atom. The first kappa shape index (κ1) is 94.1. The molecule has 0 heterocycles. The molecule has 19 heteroatoms. The molecular formula is C77H150O17P2. The topological polar surface area (TPSA) is 237 Å². The Balaban J connectivity index is 5.22. The van der Waals surface area contributed by atoms with Gasteiger partial charge < -0.3 is 33.8 Å². The second-order valence-electron chi connectivity index (χ2n) is 29.4. The van der Waals surface area contributed by atoms with Crippen molar-refractivity contribution >= 4 is 39.5 Å². The van der Waals surface area contributed by atoms with Gasteiger partial charge in [-0.25, -0.2) is 9.13 Å². The van der Waals surface area contributed by atoms with Gasteiger partial charge in [0.2, 0.25) is 0 Å². The van der Waals surface area contributed by atoms with Crippen molar-refractivity contribution in [3.8, 4) is 0 Å². The van der Waals surface area contributed by atoms with E-state index in [1.54, 1.807) is 0 Å². The second-order valence-corrected chi connectivity index (χ2v) is 32.3. The van der Waals surface area contributed by atoms with Crippen LogP contribution >= 0.6 is 15.6 Å². The number of rotatable bonds is 74. The summed E-state index contributed by atoms with van der Waals surface area (Å²) in [5.41, 5.74) is 0. The number of hydrogen-bond donors (Lipinski definition) is 3. The quantitative estimate of drug-likeness (QED) is 0.0222. The van der Waals surface area contributed by atoms with Gasteiger partial charge in [-0.1, -0.05) is 338 Å². The van der Waals surface area contributed by atoms with Crippen LogP contribution in [0.5, 0.6) is 0 Å². The zero-order chi connectivity index (χ0) is 71.0. The molecule has 17 nitrogen and oxygen atoms in total. The van der Waals surface area contributed by atoms with E-state index in [1.165, 1.54) is 186 Å². The zero-order valence-corrected chi connectivity index (χ0v) is 64.8. The Morgan fingerprint density at radius 1 is 0.292 bits per heavy atom. The first-order valence-corrected chi connectivity index (χ1v) is 42.7. The van der Waals surface area contributed by atoms with Crippen LogP contribution in [0.1, 0.15) is 389 Å². The zero-order valence-electron chi connectivity index (χ0n) is 63.0. The minimum atomic E-state index is -4.96. The van der Waals surface area contributed by atoms with Crippen LogP contribution in [-0.2, 0) is 65.4 Å². The standard InChI is InChI=1S/C77H150O17P2/c1-9-70(8)56-48-40-32-24-20-16-13-14-18-22-26-34-43-51-59-76(81)93-72(63-87-74(79)57-49-41-33-25-21-17-12-10-11-15-19-23-29-37-45-53-67(2)3)65-91-95(83,84)89-61-71(78)62-90-96(85,86)92-66-73(94-77(82)60-52-44-36-28-31-39-47-55-69(6)7)64-88-75(80)58-50-42-35-27-30-38-46-54-68(4)5/h67-73,78H,9-66H2,1-8H3,(H,83,84)(H,85,86)/t70?,71?,72-,73-/m1/s1. The molecule has 0 aliphatic heterocycles. The number of ether oxygens (including phenoxy) is 4. The lowest BCUT2D eigenvalue weighted by molar-refractivity contribution is -0.161. The van der Waals surface area contributed by atoms with E-state index >= 15 is 0 Å². The van der Waals surface area contributed by atoms with Gasteiger partial charge in [0.1, 0.15) is 19.3 Å². The lowest BCUT2D eigenvalue weighted by Gasteiger charge is -2.21. The van der Waals surface area contributed by atoms with E-state index in [4.69, 9.17) is 37.0 Å². The summed E-state index contributed by atoms with van der Waals surface area (Å²) in [5.74, 6) is 0.930. The summed E-state index contributed by atoms with van der Waals surface area (Å²) in [6, 6.07) is 0. The predicted octanol–water partition coefficient (Wildman–Crippen LogP) is 22.4. The van der Waals surface area contributed by atoms with E-state index in [-0.39, 0.29) is 25.7 Å². The fourth-order valence-corrected chi connectivity index (χ4v) is 13.3. The van der Waals surface area contributed by atoms with Crippen molar-refractivity contribution in [3.05, 3.63) is 0 Å².